The van der Waals surface area contributed by atoms with Gasteiger partial charge in [0.05, 0.1) is 19.2 Å². The molecule has 1 rings (SSSR count). The molecular weight excluding hydrogens is 251 g/mol. The molecule has 2 unspecified atom stereocenters. The lowest BCUT2D eigenvalue weighted by Gasteiger charge is -2.36. The van der Waals surface area contributed by atoms with Crippen molar-refractivity contribution in [3.05, 3.63) is 0 Å². The molecule has 1 saturated carbocycles. The van der Waals surface area contributed by atoms with E-state index in [0.717, 1.165) is 17.7 Å². The Balaban J connectivity index is 2.66. The third-order valence-corrected chi connectivity index (χ3v) is 3.17. The van der Waals surface area contributed by atoms with E-state index in [0.29, 0.717) is 12.8 Å². The predicted octanol–water partition coefficient (Wildman–Crippen LogP) is 1.89. The highest BCUT2D eigenvalue weighted by atomic mass is 19.4. The summed E-state index contributed by atoms with van der Waals surface area (Å²) in [5.74, 6) is -1.24. The summed E-state index contributed by atoms with van der Waals surface area (Å²) in [4.78, 5) is 11.6. The Kier molecular flexibility index (Phi) is 5.40. The molecule has 0 saturated heterocycles. The Morgan fingerprint density at radius 3 is 2.61 bits per heavy atom. The highest BCUT2D eigenvalue weighted by molar-refractivity contribution is 5.69. The predicted molar refractivity (Wildman–Crippen MR) is 58.3 cm³/mol. The van der Waals surface area contributed by atoms with Gasteiger partial charge in [0, 0.05) is 13.2 Å². The van der Waals surface area contributed by atoms with Gasteiger partial charge in [0.2, 0.25) is 0 Å². The first-order chi connectivity index (χ1) is 8.31. The number of carbonyl (C=O) groups is 1. The first-order valence-corrected chi connectivity index (χ1v) is 5.87. The lowest BCUT2D eigenvalue weighted by molar-refractivity contribution is -0.161. The largest absolute Gasteiger partial charge is 0.480 e. The number of carboxylic acids is 1. The fourth-order valence-electron chi connectivity index (χ4n) is 2.38. The summed E-state index contributed by atoms with van der Waals surface area (Å²) in [5.41, 5.74) is 0. The van der Waals surface area contributed by atoms with Crippen molar-refractivity contribution in [3.8, 4) is 0 Å². The SMILES string of the molecule is COC1CCCC(N(CC(=O)O)CC(F)(F)F)C1. The van der Waals surface area contributed by atoms with Crippen molar-refractivity contribution in [1.82, 2.24) is 4.90 Å². The van der Waals surface area contributed by atoms with Crippen LogP contribution < -0.4 is 0 Å². The summed E-state index contributed by atoms with van der Waals surface area (Å²) in [6, 6.07) is -0.374. The molecule has 7 heteroatoms. The van der Waals surface area contributed by atoms with Gasteiger partial charge in [0.25, 0.3) is 0 Å². The second-order valence-corrected chi connectivity index (χ2v) is 4.59. The minimum Gasteiger partial charge on any atom is -0.480 e. The minimum absolute atomic E-state index is 0.0757. The van der Waals surface area contributed by atoms with Crippen LogP contribution >= 0.6 is 0 Å². The van der Waals surface area contributed by atoms with E-state index in [4.69, 9.17) is 9.84 Å². The number of carboxylic acid groups (broad SMARTS) is 1. The normalized spacial score (nSPS) is 25.4. The summed E-state index contributed by atoms with van der Waals surface area (Å²) >= 11 is 0. The standard InChI is InChI=1S/C11H18F3NO3/c1-18-9-4-2-3-8(5-9)15(6-10(16)17)7-11(12,13)14/h8-9H,2-7H2,1H3,(H,16,17). The van der Waals surface area contributed by atoms with Crippen molar-refractivity contribution in [1.29, 1.82) is 0 Å². The third-order valence-electron chi connectivity index (χ3n) is 3.17. The Bertz CT molecular complexity index is 283. The molecule has 1 N–H and O–H groups in total. The number of hydrogen-bond donors (Lipinski definition) is 1. The summed E-state index contributed by atoms with van der Waals surface area (Å²) in [6.07, 6.45) is -1.83. The molecule has 0 radical (unpaired) electrons. The number of halogens is 3. The van der Waals surface area contributed by atoms with Gasteiger partial charge in [-0.25, -0.2) is 0 Å². The summed E-state index contributed by atoms with van der Waals surface area (Å²) in [5, 5.41) is 8.69. The molecule has 0 aromatic carbocycles. The molecule has 1 aliphatic rings. The molecule has 0 amide bonds. The molecule has 2 atom stereocenters. The maximum Gasteiger partial charge on any atom is 0.401 e. The smallest absolute Gasteiger partial charge is 0.401 e. The molecule has 0 aliphatic heterocycles. The van der Waals surface area contributed by atoms with Crippen molar-refractivity contribution in [3.63, 3.8) is 0 Å². The van der Waals surface area contributed by atoms with Gasteiger partial charge in [0.1, 0.15) is 0 Å². The number of hydrogen-bond acceptors (Lipinski definition) is 3. The van der Waals surface area contributed by atoms with E-state index in [9.17, 15) is 18.0 Å². The van der Waals surface area contributed by atoms with Gasteiger partial charge in [-0.1, -0.05) is 0 Å². The number of methoxy groups -OCH3 is 1. The van der Waals surface area contributed by atoms with Crippen LogP contribution in [0.15, 0.2) is 0 Å². The van der Waals surface area contributed by atoms with Crippen molar-refractivity contribution in [2.45, 2.75) is 44.0 Å². The van der Waals surface area contributed by atoms with Crippen LogP contribution in [0.2, 0.25) is 0 Å². The Morgan fingerprint density at radius 2 is 2.11 bits per heavy atom. The topological polar surface area (TPSA) is 49.8 Å². The van der Waals surface area contributed by atoms with Crippen molar-refractivity contribution >= 4 is 5.97 Å². The summed E-state index contributed by atoms with van der Waals surface area (Å²) < 4.78 is 42.4. The van der Waals surface area contributed by atoms with E-state index in [2.05, 4.69) is 0 Å². The second-order valence-electron chi connectivity index (χ2n) is 4.59. The van der Waals surface area contributed by atoms with Crippen LogP contribution in [0.25, 0.3) is 0 Å². The van der Waals surface area contributed by atoms with Gasteiger partial charge in [-0.15, -0.1) is 0 Å². The number of ether oxygens (including phenoxy) is 1. The number of alkyl halides is 3. The van der Waals surface area contributed by atoms with E-state index >= 15 is 0 Å². The fraction of sp³-hybridized carbons (Fsp3) is 0.909. The van der Waals surface area contributed by atoms with Crippen LogP contribution in [0.4, 0.5) is 13.2 Å². The van der Waals surface area contributed by atoms with E-state index in [1.54, 1.807) is 0 Å². The zero-order valence-electron chi connectivity index (χ0n) is 10.2. The van der Waals surface area contributed by atoms with E-state index in [1.165, 1.54) is 7.11 Å². The Hall–Kier alpha value is -0.820. The highest BCUT2D eigenvalue weighted by Crippen LogP contribution is 2.27. The number of aliphatic carboxylic acids is 1. The number of rotatable bonds is 5. The third kappa shape index (κ3) is 5.22. The van der Waals surface area contributed by atoms with Crippen LogP contribution in [-0.2, 0) is 9.53 Å². The molecule has 18 heavy (non-hydrogen) atoms. The summed E-state index contributed by atoms with van der Waals surface area (Å²) in [7, 11) is 1.53. The summed E-state index contributed by atoms with van der Waals surface area (Å²) in [6.45, 7) is -1.76. The average molecular weight is 269 g/mol. The zero-order valence-corrected chi connectivity index (χ0v) is 10.2. The van der Waals surface area contributed by atoms with Crippen LogP contribution in [0.3, 0.4) is 0 Å². The maximum absolute atomic E-state index is 12.4. The Morgan fingerprint density at radius 1 is 1.44 bits per heavy atom. The molecule has 106 valence electrons. The lowest BCUT2D eigenvalue weighted by atomic mass is 9.91. The van der Waals surface area contributed by atoms with Gasteiger partial charge in [-0.2, -0.15) is 13.2 Å². The van der Waals surface area contributed by atoms with Gasteiger partial charge < -0.3 is 9.84 Å². The van der Waals surface area contributed by atoms with Crippen LogP contribution in [0.5, 0.6) is 0 Å². The molecule has 0 spiro atoms. The molecular formula is C11H18F3NO3. The molecule has 0 aromatic rings. The van der Waals surface area contributed by atoms with Gasteiger partial charge in [-0.3, -0.25) is 9.69 Å². The van der Waals surface area contributed by atoms with Crippen LogP contribution in [0.1, 0.15) is 25.7 Å². The van der Waals surface area contributed by atoms with Crippen molar-refractivity contribution < 1.29 is 27.8 Å². The zero-order chi connectivity index (χ0) is 13.8. The van der Waals surface area contributed by atoms with E-state index in [-0.39, 0.29) is 12.1 Å². The molecule has 1 aliphatic carbocycles. The Labute approximate surface area is 104 Å². The average Bonchev–Trinajstić information content (AvgIpc) is 2.26. The quantitative estimate of drug-likeness (QED) is 0.828. The fourth-order valence-corrected chi connectivity index (χ4v) is 2.38. The minimum atomic E-state index is -4.38. The molecule has 0 bridgehead atoms. The molecule has 4 nitrogen and oxygen atoms in total. The molecule has 1 fully saturated rings. The first-order valence-electron chi connectivity index (χ1n) is 5.87. The lowest BCUT2D eigenvalue weighted by Crippen LogP contribution is -2.47. The van der Waals surface area contributed by atoms with Crippen molar-refractivity contribution in [2.75, 3.05) is 20.2 Å². The van der Waals surface area contributed by atoms with E-state index in [1.807, 2.05) is 0 Å². The first kappa shape index (κ1) is 15.2. The number of nitrogens with zero attached hydrogens (tertiary/aromatic N) is 1. The van der Waals surface area contributed by atoms with Gasteiger partial charge in [0.15, 0.2) is 0 Å². The molecule has 0 heterocycles. The maximum atomic E-state index is 12.4. The van der Waals surface area contributed by atoms with Gasteiger partial charge >= 0.3 is 12.1 Å². The second kappa shape index (κ2) is 6.38. The monoisotopic (exact) mass is 269 g/mol. The van der Waals surface area contributed by atoms with Crippen LogP contribution in [0, 0.1) is 0 Å². The van der Waals surface area contributed by atoms with E-state index < -0.39 is 25.2 Å². The highest BCUT2D eigenvalue weighted by Gasteiger charge is 2.36. The van der Waals surface area contributed by atoms with Gasteiger partial charge in [-0.05, 0) is 25.7 Å². The van der Waals surface area contributed by atoms with Crippen molar-refractivity contribution in [2.24, 2.45) is 0 Å². The van der Waals surface area contributed by atoms with Crippen LogP contribution in [-0.4, -0.2) is 54.5 Å². The molecule has 0 aromatic heterocycles.